The number of hydrogen-bond donors (Lipinski definition) is 1. The van der Waals surface area contributed by atoms with Gasteiger partial charge in [0, 0.05) is 25.5 Å². The van der Waals surface area contributed by atoms with Crippen LogP contribution in [0, 0.1) is 0 Å². The number of carbonyl (C=O) groups is 2. The summed E-state index contributed by atoms with van der Waals surface area (Å²) >= 11 is 1.16. The molecule has 0 saturated carbocycles. The van der Waals surface area contributed by atoms with Gasteiger partial charge < -0.3 is 20.1 Å². The number of likely N-dealkylation sites (N-methyl/N-ethyl adjacent to an activating group) is 2. The minimum atomic E-state index is -0.464. The fraction of sp³-hybridized carbons (Fsp3) is 0.556. The van der Waals surface area contributed by atoms with Crippen molar-refractivity contribution >= 4 is 29.2 Å². The lowest BCUT2D eigenvalue weighted by atomic mass is 10.1. The first-order valence-electron chi connectivity index (χ1n) is 13.1. The molecule has 10 heteroatoms. The van der Waals surface area contributed by atoms with E-state index in [0.717, 1.165) is 54.4 Å². The van der Waals surface area contributed by atoms with Crippen LogP contribution in [0.3, 0.4) is 0 Å². The van der Waals surface area contributed by atoms with Gasteiger partial charge in [0.2, 0.25) is 6.73 Å². The number of unbranched alkanes of at least 4 members (excludes halogenated alkanes) is 3. The summed E-state index contributed by atoms with van der Waals surface area (Å²) in [6.45, 7) is 4.46. The molecule has 9 nitrogen and oxygen atoms in total. The minimum Gasteiger partial charge on any atom is -0.475 e. The maximum atomic E-state index is 12.7. The molecule has 3 rings (SSSR count). The number of quaternary nitrogens is 2. The lowest BCUT2D eigenvalue weighted by molar-refractivity contribution is -0.919. The molecule has 0 fully saturated rings. The van der Waals surface area contributed by atoms with Crippen molar-refractivity contribution in [2.45, 2.75) is 51.5 Å². The number of hydrogen-bond acceptors (Lipinski definition) is 7. The number of ether oxygens (including phenoxy) is 2. The molecule has 1 unspecified atom stereocenters. The molecular formula is C27H41N5O4S+2. The first kappa shape index (κ1) is 28.7. The normalized spacial score (nSPS) is 18.1. The van der Waals surface area contributed by atoms with E-state index in [-0.39, 0.29) is 19.2 Å². The van der Waals surface area contributed by atoms with Crippen molar-refractivity contribution in [3.8, 4) is 5.88 Å². The van der Waals surface area contributed by atoms with Crippen molar-refractivity contribution in [3.63, 3.8) is 0 Å². The van der Waals surface area contributed by atoms with Crippen molar-refractivity contribution in [1.29, 1.82) is 0 Å². The van der Waals surface area contributed by atoms with Gasteiger partial charge in [-0.3, -0.25) is 9.28 Å². The SMILES string of the molecule is CCCCCCOc1nsnc1C1=CCC[N+](C)(COC(=O)CN(C)C(=O)[C@@H]([NH3+])Cc2ccccc2)C1. The topological polar surface area (TPSA) is 109 Å². The molecule has 2 aromatic rings. The molecule has 1 aromatic heterocycles. The standard InChI is InChI=1S/C27H40N5O4S/c1-4-5-6-10-16-35-26-25(29-37-30-26)22-14-11-15-32(3,19-22)20-36-24(33)18-31(2)27(34)23(28)17-21-12-8-7-9-13-21/h7-9,12-14,23H,4-6,10-11,15-20,28H2,1-3H3/q+1/p+1/t23-,32?/m0/s1. The Labute approximate surface area is 224 Å². The first-order valence-corrected chi connectivity index (χ1v) is 13.8. The van der Waals surface area contributed by atoms with Crippen molar-refractivity contribution in [3.05, 3.63) is 47.7 Å². The highest BCUT2D eigenvalue weighted by Crippen LogP contribution is 2.30. The van der Waals surface area contributed by atoms with Gasteiger partial charge in [0.25, 0.3) is 11.8 Å². The molecule has 0 aliphatic carbocycles. The van der Waals surface area contributed by atoms with Crippen LogP contribution in [0.5, 0.6) is 5.88 Å². The molecule has 0 radical (unpaired) electrons. The van der Waals surface area contributed by atoms with E-state index < -0.39 is 12.0 Å². The zero-order chi connectivity index (χ0) is 26.7. The van der Waals surface area contributed by atoms with Crippen LogP contribution in [-0.2, 0) is 20.7 Å². The van der Waals surface area contributed by atoms with Gasteiger partial charge in [0.15, 0.2) is 6.04 Å². The van der Waals surface area contributed by atoms with Crippen molar-refractivity contribution in [1.82, 2.24) is 13.6 Å². The number of rotatable bonds is 14. The fourth-order valence-corrected chi connectivity index (χ4v) is 4.93. The van der Waals surface area contributed by atoms with Crippen LogP contribution in [0.2, 0.25) is 0 Å². The van der Waals surface area contributed by atoms with E-state index in [0.29, 0.717) is 29.9 Å². The molecule has 1 aliphatic heterocycles. The minimum absolute atomic E-state index is 0.103. The summed E-state index contributed by atoms with van der Waals surface area (Å²) in [5.41, 5.74) is 6.89. The fourth-order valence-electron chi connectivity index (χ4n) is 4.40. The van der Waals surface area contributed by atoms with E-state index in [2.05, 4.69) is 34.5 Å². The van der Waals surface area contributed by atoms with E-state index in [1.165, 1.54) is 17.7 Å². The molecule has 0 spiro atoms. The average molecular weight is 532 g/mol. The van der Waals surface area contributed by atoms with Gasteiger partial charge in [-0.1, -0.05) is 62.6 Å². The third kappa shape index (κ3) is 8.91. The summed E-state index contributed by atoms with van der Waals surface area (Å²) in [6.07, 6.45) is 8.10. The number of benzene rings is 1. The maximum Gasteiger partial charge on any atom is 0.329 e. The summed E-state index contributed by atoms with van der Waals surface area (Å²) < 4.78 is 20.9. The number of aromatic nitrogens is 2. The van der Waals surface area contributed by atoms with E-state index in [4.69, 9.17) is 9.47 Å². The Balaban J connectivity index is 1.47. The third-order valence-corrected chi connectivity index (χ3v) is 7.08. The number of nitrogens with zero attached hydrogens (tertiary/aromatic N) is 4. The zero-order valence-corrected chi connectivity index (χ0v) is 23.2. The largest absolute Gasteiger partial charge is 0.475 e. The molecule has 1 aromatic carbocycles. The van der Waals surface area contributed by atoms with Gasteiger partial charge in [-0.2, -0.15) is 4.37 Å². The molecule has 1 aliphatic rings. The summed E-state index contributed by atoms with van der Waals surface area (Å²) in [4.78, 5) is 26.7. The summed E-state index contributed by atoms with van der Waals surface area (Å²) in [7, 11) is 3.68. The van der Waals surface area contributed by atoms with Crippen LogP contribution < -0.4 is 10.5 Å². The van der Waals surface area contributed by atoms with Gasteiger partial charge in [-0.05, 0) is 12.0 Å². The van der Waals surface area contributed by atoms with Gasteiger partial charge in [-0.25, -0.2) is 4.79 Å². The molecular weight excluding hydrogens is 490 g/mol. The van der Waals surface area contributed by atoms with Crippen molar-refractivity contribution in [2.24, 2.45) is 0 Å². The van der Waals surface area contributed by atoms with Crippen molar-refractivity contribution in [2.75, 3.05) is 47.1 Å². The highest BCUT2D eigenvalue weighted by Gasteiger charge is 2.32. The van der Waals surface area contributed by atoms with Crippen molar-refractivity contribution < 1.29 is 29.3 Å². The summed E-state index contributed by atoms with van der Waals surface area (Å²) in [6, 6.07) is 9.28. The molecule has 2 heterocycles. The van der Waals surface area contributed by atoms with Crippen LogP contribution in [0.1, 0.15) is 50.3 Å². The van der Waals surface area contributed by atoms with E-state index in [9.17, 15) is 9.59 Å². The number of esters is 1. The van der Waals surface area contributed by atoms with Crippen LogP contribution >= 0.6 is 11.7 Å². The van der Waals surface area contributed by atoms with Gasteiger partial charge in [-0.15, -0.1) is 4.37 Å². The summed E-state index contributed by atoms with van der Waals surface area (Å²) in [5, 5.41) is 0. The first-order chi connectivity index (χ1) is 17.8. The van der Waals surface area contributed by atoms with E-state index in [1.54, 1.807) is 7.05 Å². The van der Waals surface area contributed by atoms with Crippen LogP contribution in [0.4, 0.5) is 0 Å². The Morgan fingerprint density at radius 3 is 2.73 bits per heavy atom. The lowest BCUT2D eigenvalue weighted by Crippen LogP contribution is -2.68. The highest BCUT2D eigenvalue weighted by molar-refractivity contribution is 6.99. The number of amides is 1. The predicted octanol–water partition coefficient (Wildman–Crippen LogP) is 2.54. The molecule has 0 saturated heterocycles. The second kappa shape index (κ2) is 14.2. The Hall–Kier alpha value is -2.82. The quantitative estimate of drug-likeness (QED) is 0.228. The van der Waals surface area contributed by atoms with Crippen LogP contribution in [0.15, 0.2) is 36.4 Å². The van der Waals surface area contributed by atoms with Crippen LogP contribution in [0.25, 0.3) is 5.57 Å². The second-order valence-electron chi connectivity index (χ2n) is 10.1. The van der Waals surface area contributed by atoms with Crippen LogP contribution in [-0.4, -0.2) is 83.1 Å². The third-order valence-electron chi connectivity index (χ3n) is 6.56. The van der Waals surface area contributed by atoms with Gasteiger partial charge in [0.1, 0.15) is 18.8 Å². The van der Waals surface area contributed by atoms with E-state index >= 15 is 0 Å². The zero-order valence-electron chi connectivity index (χ0n) is 22.4. The molecule has 2 atom stereocenters. The molecule has 37 heavy (non-hydrogen) atoms. The smallest absolute Gasteiger partial charge is 0.329 e. The highest BCUT2D eigenvalue weighted by atomic mass is 32.1. The molecule has 1 amide bonds. The predicted molar refractivity (Wildman–Crippen MR) is 143 cm³/mol. The monoisotopic (exact) mass is 531 g/mol. The van der Waals surface area contributed by atoms with E-state index in [1.807, 2.05) is 30.3 Å². The Bertz CT molecular complexity index is 1040. The van der Waals surface area contributed by atoms with Gasteiger partial charge >= 0.3 is 5.97 Å². The average Bonchev–Trinajstić information content (AvgIpc) is 3.36. The number of carbonyl (C=O) groups excluding carboxylic acids is 2. The molecule has 3 N–H and O–H groups in total. The second-order valence-corrected chi connectivity index (χ2v) is 10.6. The van der Waals surface area contributed by atoms with Gasteiger partial charge in [0.05, 0.1) is 31.9 Å². The molecule has 0 bridgehead atoms. The summed E-state index contributed by atoms with van der Waals surface area (Å²) in [5.74, 6) is -0.0103. The Morgan fingerprint density at radius 2 is 1.97 bits per heavy atom. The lowest BCUT2D eigenvalue weighted by Gasteiger charge is -2.36. The molecule has 202 valence electrons. The Morgan fingerprint density at radius 1 is 1.19 bits per heavy atom. The Kier molecular flexibility index (Phi) is 11.0. The maximum absolute atomic E-state index is 12.7.